The van der Waals surface area contributed by atoms with E-state index in [1.165, 1.54) is 17.8 Å². The molecular formula is C15H25N3O. The summed E-state index contributed by atoms with van der Waals surface area (Å²) >= 11 is 0. The zero-order chi connectivity index (χ0) is 13.8. The number of Topliss-reactive ketones (excluding diaryl/α,β-unsaturated/α-hetero) is 1. The van der Waals surface area contributed by atoms with Crippen LogP contribution >= 0.6 is 0 Å². The molecule has 4 nitrogen and oxygen atoms in total. The molecule has 0 spiro atoms. The fourth-order valence-electron chi connectivity index (χ4n) is 2.96. The first-order valence-corrected chi connectivity index (χ1v) is 7.43. The summed E-state index contributed by atoms with van der Waals surface area (Å²) in [6.45, 7) is 8.92. The molecule has 1 aromatic rings. The molecule has 1 atom stereocenters. The third kappa shape index (κ3) is 3.44. The molecule has 1 fully saturated rings. The zero-order valence-corrected chi connectivity index (χ0v) is 12.4. The summed E-state index contributed by atoms with van der Waals surface area (Å²) in [5.41, 5.74) is 2.45. The van der Waals surface area contributed by atoms with Crippen LogP contribution in [-0.2, 0) is 24.3 Å². The van der Waals surface area contributed by atoms with E-state index in [0.717, 1.165) is 32.5 Å². The summed E-state index contributed by atoms with van der Waals surface area (Å²) in [7, 11) is 0. The normalized spacial score (nSPS) is 20.1. The minimum absolute atomic E-state index is 0.301. The molecule has 1 saturated heterocycles. The Hall–Kier alpha value is -1.16. The van der Waals surface area contributed by atoms with Gasteiger partial charge in [-0.25, -0.2) is 0 Å². The summed E-state index contributed by atoms with van der Waals surface area (Å²) in [5.74, 6) is 0.301. The molecule has 1 aromatic heterocycles. The SMILES string of the molecule is CCc1cc(CN2CCCC2CC(C)=O)n(CC)n1. The second-order valence-corrected chi connectivity index (χ2v) is 5.47. The van der Waals surface area contributed by atoms with Gasteiger partial charge in [-0.3, -0.25) is 14.4 Å². The molecule has 4 heteroatoms. The Bertz CT molecular complexity index is 439. The lowest BCUT2D eigenvalue weighted by Crippen LogP contribution is -2.31. The number of carbonyl (C=O) groups excluding carboxylic acids is 1. The topological polar surface area (TPSA) is 38.1 Å². The van der Waals surface area contributed by atoms with E-state index in [-0.39, 0.29) is 0 Å². The van der Waals surface area contributed by atoms with E-state index >= 15 is 0 Å². The summed E-state index contributed by atoms with van der Waals surface area (Å²) in [6.07, 6.45) is 4.04. The lowest BCUT2D eigenvalue weighted by Gasteiger charge is -2.23. The molecule has 106 valence electrons. The first-order chi connectivity index (χ1) is 9.13. The van der Waals surface area contributed by atoms with Gasteiger partial charge in [0.2, 0.25) is 0 Å². The van der Waals surface area contributed by atoms with Gasteiger partial charge >= 0.3 is 0 Å². The predicted octanol–water partition coefficient (Wildman–Crippen LogP) is 2.41. The molecule has 1 aliphatic rings. The van der Waals surface area contributed by atoms with Crippen molar-refractivity contribution in [2.45, 2.75) is 65.6 Å². The Morgan fingerprint density at radius 2 is 2.26 bits per heavy atom. The molecular weight excluding hydrogens is 238 g/mol. The molecule has 0 aliphatic carbocycles. The fourth-order valence-corrected chi connectivity index (χ4v) is 2.96. The number of nitrogens with zero attached hydrogens (tertiary/aromatic N) is 3. The fraction of sp³-hybridized carbons (Fsp3) is 0.733. The van der Waals surface area contributed by atoms with Crippen LogP contribution in [0.2, 0.25) is 0 Å². The Labute approximate surface area is 115 Å². The van der Waals surface area contributed by atoms with Crippen LogP contribution < -0.4 is 0 Å². The van der Waals surface area contributed by atoms with Crippen molar-refractivity contribution < 1.29 is 4.79 Å². The summed E-state index contributed by atoms with van der Waals surface area (Å²) in [6, 6.07) is 2.65. The third-order valence-corrected chi connectivity index (χ3v) is 3.96. The van der Waals surface area contributed by atoms with E-state index < -0.39 is 0 Å². The molecule has 0 radical (unpaired) electrons. The largest absolute Gasteiger partial charge is 0.300 e. The van der Waals surface area contributed by atoms with Crippen molar-refractivity contribution >= 4 is 5.78 Å². The van der Waals surface area contributed by atoms with Gasteiger partial charge in [-0.05, 0) is 45.7 Å². The molecule has 0 saturated carbocycles. The first-order valence-electron chi connectivity index (χ1n) is 7.43. The number of ketones is 1. The van der Waals surface area contributed by atoms with E-state index in [9.17, 15) is 4.79 Å². The van der Waals surface area contributed by atoms with Crippen molar-refractivity contribution in [1.82, 2.24) is 14.7 Å². The highest BCUT2D eigenvalue weighted by Gasteiger charge is 2.26. The molecule has 19 heavy (non-hydrogen) atoms. The number of hydrogen-bond acceptors (Lipinski definition) is 3. The Morgan fingerprint density at radius 3 is 2.89 bits per heavy atom. The average molecular weight is 263 g/mol. The highest BCUT2D eigenvalue weighted by Crippen LogP contribution is 2.23. The zero-order valence-electron chi connectivity index (χ0n) is 12.4. The van der Waals surface area contributed by atoms with Crippen molar-refractivity contribution in [2.24, 2.45) is 0 Å². The highest BCUT2D eigenvalue weighted by atomic mass is 16.1. The van der Waals surface area contributed by atoms with Crippen LogP contribution in [0.25, 0.3) is 0 Å². The average Bonchev–Trinajstić information content (AvgIpc) is 2.96. The number of rotatable bonds is 6. The molecule has 0 bridgehead atoms. The highest BCUT2D eigenvalue weighted by molar-refractivity contribution is 5.76. The van der Waals surface area contributed by atoms with Gasteiger partial charge in [-0.2, -0.15) is 5.10 Å². The van der Waals surface area contributed by atoms with Crippen molar-refractivity contribution in [2.75, 3.05) is 6.54 Å². The second-order valence-electron chi connectivity index (χ2n) is 5.47. The third-order valence-electron chi connectivity index (χ3n) is 3.96. The van der Waals surface area contributed by atoms with E-state index in [2.05, 4.69) is 34.6 Å². The number of carbonyl (C=O) groups is 1. The van der Waals surface area contributed by atoms with Gasteiger partial charge in [0.15, 0.2) is 0 Å². The van der Waals surface area contributed by atoms with Crippen LogP contribution in [0.3, 0.4) is 0 Å². The van der Waals surface area contributed by atoms with Gasteiger partial charge in [0.1, 0.15) is 5.78 Å². The monoisotopic (exact) mass is 263 g/mol. The smallest absolute Gasteiger partial charge is 0.131 e. The van der Waals surface area contributed by atoms with Gasteiger partial charge in [-0.1, -0.05) is 6.92 Å². The van der Waals surface area contributed by atoms with Crippen molar-refractivity contribution in [3.8, 4) is 0 Å². The van der Waals surface area contributed by atoms with E-state index in [1.54, 1.807) is 6.92 Å². The van der Waals surface area contributed by atoms with Crippen molar-refractivity contribution in [3.05, 3.63) is 17.5 Å². The minimum atomic E-state index is 0.301. The van der Waals surface area contributed by atoms with Gasteiger partial charge in [0, 0.05) is 25.6 Å². The van der Waals surface area contributed by atoms with Crippen LogP contribution in [0.15, 0.2) is 6.07 Å². The molecule has 0 aromatic carbocycles. The van der Waals surface area contributed by atoms with Gasteiger partial charge in [0.25, 0.3) is 0 Å². The van der Waals surface area contributed by atoms with Crippen molar-refractivity contribution in [3.63, 3.8) is 0 Å². The van der Waals surface area contributed by atoms with Crippen LogP contribution in [0.5, 0.6) is 0 Å². The quantitative estimate of drug-likeness (QED) is 0.791. The number of hydrogen-bond donors (Lipinski definition) is 0. The van der Waals surface area contributed by atoms with Gasteiger partial charge < -0.3 is 0 Å². The lowest BCUT2D eigenvalue weighted by atomic mass is 10.1. The van der Waals surface area contributed by atoms with E-state index in [1.807, 2.05) is 0 Å². The lowest BCUT2D eigenvalue weighted by molar-refractivity contribution is -0.118. The number of likely N-dealkylation sites (tertiary alicyclic amines) is 1. The molecule has 1 aliphatic heterocycles. The summed E-state index contributed by atoms with van der Waals surface area (Å²) in [4.78, 5) is 13.8. The van der Waals surface area contributed by atoms with Crippen LogP contribution in [-0.4, -0.2) is 33.1 Å². The standard InChI is InChI=1S/C15H25N3O/c1-4-13-10-15(18(5-2)16-13)11-17-8-6-7-14(17)9-12(3)19/h10,14H,4-9,11H2,1-3H3. The molecule has 1 unspecified atom stereocenters. The molecule has 2 rings (SSSR count). The van der Waals surface area contributed by atoms with Gasteiger partial charge in [-0.15, -0.1) is 0 Å². The van der Waals surface area contributed by atoms with Crippen molar-refractivity contribution in [1.29, 1.82) is 0 Å². The Kier molecular flexibility index (Phi) is 4.75. The van der Waals surface area contributed by atoms with Crippen LogP contribution in [0.1, 0.15) is 51.4 Å². The number of aryl methyl sites for hydroxylation is 2. The molecule has 0 amide bonds. The maximum atomic E-state index is 11.3. The molecule has 2 heterocycles. The second kappa shape index (κ2) is 6.33. The summed E-state index contributed by atoms with van der Waals surface area (Å²) in [5, 5.41) is 4.60. The molecule has 0 N–H and O–H groups in total. The number of aromatic nitrogens is 2. The van der Waals surface area contributed by atoms with E-state index in [4.69, 9.17) is 0 Å². The summed E-state index contributed by atoms with van der Waals surface area (Å²) < 4.78 is 2.10. The predicted molar refractivity (Wildman–Crippen MR) is 76.0 cm³/mol. The van der Waals surface area contributed by atoms with E-state index in [0.29, 0.717) is 18.2 Å². The minimum Gasteiger partial charge on any atom is -0.300 e. The van der Waals surface area contributed by atoms with Crippen LogP contribution in [0.4, 0.5) is 0 Å². The maximum Gasteiger partial charge on any atom is 0.131 e. The Morgan fingerprint density at radius 1 is 1.47 bits per heavy atom. The van der Waals surface area contributed by atoms with Crippen LogP contribution in [0, 0.1) is 0 Å². The Balaban J connectivity index is 2.07. The van der Waals surface area contributed by atoms with Gasteiger partial charge in [0.05, 0.1) is 11.4 Å². The maximum absolute atomic E-state index is 11.3. The first kappa shape index (κ1) is 14.3.